The molecule has 1 N–H and O–H groups in total. The van der Waals surface area contributed by atoms with Crippen molar-refractivity contribution in [1.82, 2.24) is 4.90 Å². The smallest absolute Gasteiger partial charge is 0.261 e. The van der Waals surface area contributed by atoms with Gasteiger partial charge in [-0.25, -0.2) is 8.42 Å². The molecule has 0 aromatic heterocycles. The fourth-order valence-electron chi connectivity index (χ4n) is 3.93. The number of hydrogen-bond acceptors (Lipinski definition) is 4. The summed E-state index contributed by atoms with van der Waals surface area (Å²) in [4.78, 5) is 15.1. The molecule has 0 saturated carbocycles. The number of nitrogens with zero attached hydrogens (tertiary/aromatic N) is 1. The van der Waals surface area contributed by atoms with Crippen LogP contribution < -0.4 is 4.72 Å². The van der Waals surface area contributed by atoms with Crippen LogP contribution in [0.25, 0.3) is 0 Å². The zero-order valence-corrected chi connectivity index (χ0v) is 19.8. The van der Waals surface area contributed by atoms with Gasteiger partial charge in [0.05, 0.1) is 17.5 Å². The first kappa shape index (κ1) is 23.0. The van der Waals surface area contributed by atoms with Gasteiger partial charge in [0.2, 0.25) is 0 Å². The first-order valence-corrected chi connectivity index (χ1v) is 12.4. The molecule has 1 amide bonds. The van der Waals surface area contributed by atoms with E-state index in [1.807, 2.05) is 51.1 Å². The van der Waals surface area contributed by atoms with Crippen LogP contribution in [0.15, 0.2) is 77.7 Å². The number of rotatable bonds is 5. The Labute approximate surface area is 195 Å². The minimum absolute atomic E-state index is 0.0862. The zero-order valence-electron chi connectivity index (χ0n) is 19.0. The highest BCUT2D eigenvalue weighted by atomic mass is 32.2. The number of amides is 1. The number of aryl methyl sites for hydroxylation is 2. The molecular weight excluding hydrogens is 436 g/mol. The highest BCUT2D eigenvalue weighted by molar-refractivity contribution is 7.92. The number of sulfonamides is 1. The van der Waals surface area contributed by atoms with Crippen molar-refractivity contribution in [2.24, 2.45) is 0 Å². The van der Waals surface area contributed by atoms with Gasteiger partial charge in [-0.2, -0.15) is 0 Å². The van der Waals surface area contributed by atoms with Gasteiger partial charge in [-0.3, -0.25) is 9.52 Å². The lowest BCUT2D eigenvalue weighted by Gasteiger charge is -2.37. The molecular formula is C26H28N2O4S. The summed E-state index contributed by atoms with van der Waals surface area (Å²) in [5.41, 5.74) is 3.89. The Balaban J connectivity index is 1.47. The Hall–Kier alpha value is -3.16. The third-order valence-corrected chi connectivity index (χ3v) is 7.27. The summed E-state index contributed by atoms with van der Waals surface area (Å²) in [7, 11) is -3.71. The van der Waals surface area contributed by atoms with E-state index in [-0.39, 0.29) is 23.0 Å². The van der Waals surface area contributed by atoms with E-state index in [1.165, 1.54) is 0 Å². The molecule has 2 unspecified atom stereocenters. The molecule has 0 spiro atoms. The molecule has 1 heterocycles. The summed E-state index contributed by atoms with van der Waals surface area (Å²) in [5, 5.41) is 0. The Morgan fingerprint density at radius 2 is 1.64 bits per heavy atom. The maximum atomic E-state index is 13.1. The van der Waals surface area contributed by atoms with Gasteiger partial charge in [0, 0.05) is 17.8 Å². The van der Waals surface area contributed by atoms with E-state index in [9.17, 15) is 13.2 Å². The average Bonchev–Trinajstić information content (AvgIpc) is 2.81. The molecule has 2 atom stereocenters. The van der Waals surface area contributed by atoms with Crippen LogP contribution in [0.1, 0.15) is 40.1 Å². The standard InChI is InChI=1S/C26H28N2O4S/c1-18-9-14-24(15-19(18)2)33(30,31)27-23-12-10-22(11-13-23)26(29)28-16-20(3)32-25(17-28)21-7-5-4-6-8-21/h4-15,20,25,27H,16-17H2,1-3H3. The lowest BCUT2D eigenvalue weighted by molar-refractivity contribution is -0.0691. The van der Waals surface area contributed by atoms with Gasteiger partial charge in [-0.05, 0) is 73.9 Å². The van der Waals surface area contributed by atoms with Crippen molar-refractivity contribution in [3.05, 3.63) is 95.1 Å². The minimum Gasteiger partial charge on any atom is -0.367 e. The SMILES string of the molecule is Cc1ccc(S(=O)(=O)Nc2ccc(C(=O)N3CC(C)OC(c4ccccc4)C3)cc2)cc1C. The number of benzene rings is 3. The van der Waals surface area contributed by atoms with E-state index in [0.717, 1.165) is 16.7 Å². The van der Waals surface area contributed by atoms with Crippen LogP contribution in [0.4, 0.5) is 5.69 Å². The average molecular weight is 465 g/mol. The molecule has 0 bridgehead atoms. The van der Waals surface area contributed by atoms with Crippen LogP contribution in [0, 0.1) is 13.8 Å². The lowest BCUT2D eigenvalue weighted by atomic mass is 10.1. The van der Waals surface area contributed by atoms with Crippen LogP contribution in [0.5, 0.6) is 0 Å². The van der Waals surface area contributed by atoms with Crippen LogP contribution in [0.3, 0.4) is 0 Å². The molecule has 1 fully saturated rings. The number of ether oxygens (including phenoxy) is 1. The Morgan fingerprint density at radius 3 is 2.30 bits per heavy atom. The number of anilines is 1. The van der Waals surface area contributed by atoms with Crippen LogP contribution >= 0.6 is 0 Å². The predicted molar refractivity (Wildman–Crippen MR) is 129 cm³/mol. The van der Waals surface area contributed by atoms with Crippen molar-refractivity contribution in [3.8, 4) is 0 Å². The number of carbonyl (C=O) groups is 1. The highest BCUT2D eigenvalue weighted by Gasteiger charge is 2.30. The molecule has 1 aliphatic rings. The van der Waals surface area contributed by atoms with Crippen LogP contribution in [0.2, 0.25) is 0 Å². The summed E-state index contributed by atoms with van der Waals surface area (Å²) in [5.74, 6) is -0.102. The van der Waals surface area contributed by atoms with Gasteiger partial charge >= 0.3 is 0 Å². The van der Waals surface area contributed by atoms with E-state index < -0.39 is 10.0 Å². The Bertz CT molecular complexity index is 1240. The summed E-state index contributed by atoms with van der Waals surface area (Å²) in [6.45, 7) is 6.74. The molecule has 0 radical (unpaired) electrons. The van der Waals surface area contributed by atoms with E-state index in [1.54, 1.807) is 47.4 Å². The number of carbonyl (C=O) groups excluding carboxylic acids is 1. The number of hydrogen-bond donors (Lipinski definition) is 1. The van der Waals surface area contributed by atoms with Crippen molar-refractivity contribution in [2.45, 2.75) is 37.9 Å². The first-order valence-electron chi connectivity index (χ1n) is 10.9. The summed E-state index contributed by atoms with van der Waals surface area (Å²) in [6, 6.07) is 21.4. The van der Waals surface area contributed by atoms with E-state index in [4.69, 9.17) is 4.74 Å². The molecule has 6 nitrogen and oxygen atoms in total. The van der Waals surface area contributed by atoms with Crippen molar-refractivity contribution >= 4 is 21.6 Å². The molecule has 7 heteroatoms. The van der Waals surface area contributed by atoms with Gasteiger partial charge in [-0.1, -0.05) is 36.4 Å². The second kappa shape index (κ2) is 9.37. The lowest BCUT2D eigenvalue weighted by Crippen LogP contribution is -2.45. The largest absolute Gasteiger partial charge is 0.367 e. The quantitative estimate of drug-likeness (QED) is 0.594. The van der Waals surface area contributed by atoms with Crippen molar-refractivity contribution in [3.63, 3.8) is 0 Å². The molecule has 3 aromatic carbocycles. The fourth-order valence-corrected chi connectivity index (χ4v) is 5.07. The molecule has 33 heavy (non-hydrogen) atoms. The third-order valence-electron chi connectivity index (χ3n) is 5.89. The fraction of sp³-hybridized carbons (Fsp3) is 0.269. The molecule has 172 valence electrons. The molecule has 4 rings (SSSR count). The van der Waals surface area contributed by atoms with Crippen LogP contribution in [-0.4, -0.2) is 38.4 Å². The van der Waals surface area contributed by atoms with Gasteiger partial charge in [-0.15, -0.1) is 0 Å². The first-order chi connectivity index (χ1) is 15.7. The predicted octanol–water partition coefficient (Wildman–Crippen LogP) is 4.71. The maximum absolute atomic E-state index is 13.1. The van der Waals surface area contributed by atoms with Crippen molar-refractivity contribution in [1.29, 1.82) is 0 Å². The van der Waals surface area contributed by atoms with Crippen molar-refractivity contribution < 1.29 is 17.9 Å². The molecule has 1 aliphatic heterocycles. The minimum atomic E-state index is -3.71. The van der Waals surface area contributed by atoms with E-state index in [2.05, 4.69) is 4.72 Å². The third kappa shape index (κ3) is 5.26. The summed E-state index contributed by atoms with van der Waals surface area (Å²) < 4.78 is 34.1. The van der Waals surface area contributed by atoms with E-state index in [0.29, 0.717) is 24.3 Å². The molecule has 0 aliphatic carbocycles. The van der Waals surface area contributed by atoms with Crippen molar-refractivity contribution in [2.75, 3.05) is 17.8 Å². The monoisotopic (exact) mass is 464 g/mol. The van der Waals surface area contributed by atoms with Gasteiger partial charge in [0.15, 0.2) is 0 Å². The molecule has 1 saturated heterocycles. The van der Waals surface area contributed by atoms with E-state index >= 15 is 0 Å². The zero-order chi connectivity index (χ0) is 23.6. The van der Waals surface area contributed by atoms with Gasteiger partial charge in [0.1, 0.15) is 6.10 Å². The highest BCUT2D eigenvalue weighted by Crippen LogP contribution is 2.26. The number of morpholine rings is 1. The normalized spacial score (nSPS) is 18.7. The van der Waals surface area contributed by atoms with Gasteiger partial charge in [0.25, 0.3) is 15.9 Å². The second-order valence-corrected chi connectivity index (χ2v) is 10.2. The topological polar surface area (TPSA) is 75.7 Å². The molecule has 3 aromatic rings. The Morgan fingerprint density at radius 1 is 0.939 bits per heavy atom. The van der Waals surface area contributed by atoms with Gasteiger partial charge < -0.3 is 9.64 Å². The maximum Gasteiger partial charge on any atom is 0.261 e. The Kier molecular flexibility index (Phi) is 6.54. The summed E-state index contributed by atoms with van der Waals surface area (Å²) in [6.07, 6.45) is -0.264. The number of nitrogens with one attached hydrogen (secondary N) is 1. The van der Waals surface area contributed by atoms with Crippen LogP contribution in [-0.2, 0) is 14.8 Å². The second-order valence-electron chi connectivity index (χ2n) is 8.49. The summed E-state index contributed by atoms with van der Waals surface area (Å²) >= 11 is 0.